The monoisotopic (exact) mass is 404 g/mol. The van der Waals surface area contributed by atoms with Crippen molar-refractivity contribution in [1.29, 1.82) is 0 Å². The van der Waals surface area contributed by atoms with E-state index in [1.165, 1.54) is 11.1 Å². The van der Waals surface area contributed by atoms with Gasteiger partial charge in [-0.2, -0.15) is 0 Å². The molecule has 4 bridgehead atoms. The average molecular weight is 404 g/mol. The molecule has 5 nitrogen and oxygen atoms in total. The summed E-state index contributed by atoms with van der Waals surface area (Å²) in [5.41, 5.74) is 2.58. The van der Waals surface area contributed by atoms with Crippen LogP contribution in [0.5, 0.6) is 0 Å². The highest BCUT2D eigenvalue weighted by molar-refractivity contribution is 5.97. The average Bonchev–Trinajstić information content (AvgIpc) is 3.54. The molecular weight excluding hydrogens is 380 g/mol. The zero-order valence-corrected chi connectivity index (χ0v) is 16.7. The summed E-state index contributed by atoms with van der Waals surface area (Å²) in [5.74, 6) is 1.94. The Morgan fingerprint density at radius 1 is 0.633 bits per heavy atom. The van der Waals surface area contributed by atoms with Crippen LogP contribution < -0.4 is 0 Å². The Labute approximate surface area is 174 Å². The van der Waals surface area contributed by atoms with E-state index in [2.05, 4.69) is 30.8 Å². The highest BCUT2D eigenvalue weighted by Gasteiger charge is 2.63. The number of rotatable bonds is 2. The lowest BCUT2D eigenvalue weighted by Crippen LogP contribution is -2.29. The molecule has 0 spiro atoms. The summed E-state index contributed by atoms with van der Waals surface area (Å²) in [4.78, 5) is 36.5. The molecule has 4 aliphatic carbocycles. The molecule has 30 heavy (non-hydrogen) atoms. The van der Waals surface area contributed by atoms with E-state index in [9.17, 15) is 14.4 Å². The van der Waals surface area contributed by atoms with Crippen molar-refractivity contribution in [3.63, 3.8) is 0 Å². The minimum Gasteiger partial charge on any atom is -0.431 e. The van der Waals surface area contributed by atoms with E-state index in [1.54, 1.807) is 0 Å². The van der Waals surface area contributed by atoms with E-state index < -0.39 is 0 Å². The van der Waals surface area contributed by atoms with E-state index in [1.807, 2.05) is 0 Å². The Bertz CT molecular complexity index is 928. The van der Waals surface area contributed by atoms with Crippen LogP contribution in [0.25, 0.3) is 0 Å². The number of benzene rings is 1. The fourth-order valence-corrected chi connectivity index (χ4v) is 8.42. The number of cyclic esters (lactones) is 3. The molecule has 7 rings (SSSR count). The van der Waals surface area contributed by atoms with E-state index in [0.717, 1.165) is 25.7 Å². The van der Waals surface area contributed by atoms with Gasteiger partial charge in [-0.3, -0.25) is 14.4 Å². The lowest BCUT2D eigenvalue weighted by atomic mass is 9.71. The van der Waals surface area contributed by atoms with E-state index in [4.69, 9.17) is 9.47 Å². The van der Waals surface area contributed by atoms with Crippen molar-refractivity contribution in [1.82, 2.24) is 0 Å². The molecule has 1 aromatic carbocycles. The number of allylic oxidation sites excluding steroid dienone is 1. The summed E-state index contributed by atoms with van der Waals surface area (Å²) >= 11 is 0. The summed E-state index contributed by atoms with van der Waals surface area (Å²) in [6, 6.07) is 8.89. The number of carbonyl (C=O) groups is 3. The lowest BCUT2D eigenvalue weighted by Gasteiger charge is -2.30. The van der Waals surface area contributed by atoms with Gasteiger partial charge in [-0.1, -0.05) is 30.8 Å². The van der Waals surface area contributed by atoms with Gasteiger partial charge in [0.2, 0.25) is 0 Å². The minimum atomic E-state index is -0.305. The SMILES string of the molecule is C=C1OC(=O)C2C3CC(CC3c3ccc(C4CC5CC4C4C(=O)OC(=O)C54)cc3)C12. The maximum absolute atomic E-state index is 12.3. The third-order valence-corrected chi connectivity index (χ3v) is 9.42. The number of esters is 3. The van der Waals surface area contributed by atoms with Crippen LogP contribution in [0, 0.1) is 47.3 Å². The van der Waals surface area contributed by atoms with E-state index in [0.29, 0.717) is 29.4 Å². The normalized spacial score (nSPS) is 47.6. The summed E-state index contributed by atoms with van der Waals surface area (Å²) < 4.78 is 10.3. The van der Waals surface area contributed by atoms with Crippen LogP contribution in [-0.4, -0.2) is 17.9 Å². The number of fused-ring (bicyclic) bond motifs is 10. The van der Waals surface area contributed by atoms with Gasteiger partial charge in [0.15, 0.2) is 0 Å². The molecule has 2 aliphatic heterocycles. The largest absolute Gasteiger partial charge is 0.431 e. The van der Waals surface area contributed by atoms with Gasteiger partial charge in [0, 0.05) is 5.92 Å². The number of hydrogen-bond acceptors (Lipinski definition) is 5. The third-order valence-electron chi connectivity index (χ3n) is 9.42. The molecule has 2 saturated heterocycles. The first-order chi connectivity index (χ1) is 14.5. The maximum Gasteiger partial charge on any atom is 0.317 e. The molecule has 10 atom stereocenters. The number of carbonyl (C=O) groups excluding carboxylic acids is 3. The van der Waals surface area contributed by atoms with Crippen molar-refractivity contribution in [3.05, 3.63) is 47.7 Å². The smallest absolute Gasteiger partial charge is 0.317 e. The minimum absolute atomic E-state index is 0.00524. The molecule has 154 valence electrons. The molecule has 10 unspecified atom stereocenters. The van der Waals surface area contributed by atoms with Gasteiger partial charge in [0.1, 0.15) is 5.76 Å². The number of hydrogen-bond donors (Lipinski definition) is 0. The summed E-state index contributed by atoms with van der Waals surface area (Å²) in [6.07, 6.45) is 4.14. The van der Waals surface area contributed by atoms with E-state index in [-0.39, 0.29) is 53.4 Å². The zero-order valence-electron chi connectivity index (χ0n) is 16.7. The maximum atomic E-state index is 12.3. The molecule has 6 fully saturated rings. The topological polar surface area (TPSA) is 69.7 Å². The van der Waals surface area contributed by atoms with Crippen LogP contribution in [0.1, 0.15) is 48.6 Å². The molecule has 0 N–H and O–H groups in total. The van der Waals surface area contributed by atoms with Crippen LogP contribution in [-0.2, 0) is 23.9 Å². The van der Waals surface area contributed by atoms with Crippen molar-refractivity contribution >= 4 is 17.9 Å². The molecule has 2 heterocycles. The predicted molar refractivity (Wildman–Crippen MR) is 105 cm³/mol. The van der Waals surface area contributed by atoms with Gasteiger partial charge in [-0.25, -0.2) is 0 Å². The van der Waals surface area contributed by atoms with Gasteiger partial charge in [-0.05, 0) is 72.3 Å². The quantitative estimate of drug-likeness (QED) is 0.557. The molecule has 0 radical (unpaired) electrons. The zero-order chi connectivity index (χ0) is 20.3. The molecule has 4 saturated carbocycles. The molecular formula is C25H24O5. The highest BCUT2D eigenvalue weighted by atomic mass is 16.6. The Kier molecular flexibility index (Phi) is 3.24. The fourth-order valence-electron chi connectivity index (χ4n) is 8.42. The second-order valence-electron chi connectivity index (χ2n) is 10.4. The van der Waals surface area contributed by atoms with Crippen molar-refractivity contribution < 1.29 is 23.9 Å². The van der Waals surface area contributed by atoms with Crippen molar-refractivity contribution in [2.75, 3.05) is 0 Å². The van der Waals surface area contributed by atoms with Crippen LogP contribution in [0.4, 0.5) is 0 Å². The second kappa shape index (κ2) is 5.63. The molecule has 0 aromatic heterocycles. The van der Waals surface area contributed by atoms with Gasteiger partial charge in [0.25, 0.3) is 0 Å². The van der Waals surface area contributed by atoms with Gasteiger partial charge in [-0.15, -0.1) is 0 Å². The number of ether oxygens (including phenoxy) is 2. The van der Waals surface area contributed by atoms with Crippen molar-refractivity contribution in [2.24, 2.45) is 47.3 Å². The third kappa shape index (κ3) is 2.01. The Balaban J connectivity index is 1.13. The van der Waals surface area contributed by atoms with Crippen LogP contribution >= 0.6 is 0 Å². The second-order valence-corrected chi connectivity index (χ2v) is 10.4. The van der Waals surface area contributed by atoms with Crippen LogP contribution in [0.3, 0.4) is 0 Å². The summed E-state index contributed by atoms with van der Waals surface area (Å²) in [5, 5.41) is 0. The molecule has 1 aromatic rings. The standard InChI is InChI=1S/C25H24O5/c1-10-19-13-6-15(17(8-13)21(19)24(27)29-10)11-2-4-12(5-3-11)16-7-14-9-18(16)22-20(14)23(26)30-25(22)28/h2-5,13-22H,1,6-9H2. The Morgan fingerprint density at radius 3 is 1.70 bits per heavy atom. The highest BCUT2D eigenvalue weighted by Crippen LogP contribution is 2.64. The van der Waals surface area contributed by atoms with Crippen LogP contribution in [0.15, 0.2) is 36.6 Å². The van der Waals surface area contributed by atoms with Gasteiger partial charge < -0.3 is 9.47 Å². The van der Waals surface area contributed by atoms with Crippen LogP contribution in [0.2, 0.25) is 0 Å². The van der Waals surface area contributed by atoms with Crippen molar-refractivity contribution in [2.45, 2.75) is 37.5 Å². The lowest BCUT2D eigenvalue weighted by molar-refractivity contribution is -0.154. The molecule has 6 aliphatic rings. The van der Waals surface area contributed by atoms with E-state index >= 15 is 0 Å². The predicted octanol–water partition coefficient (Wildman–Crippen LogP) is 3.55. The van der Waals surface area contributed by atoms with Crippen molar-refractivity contribution in [3.8, 4) is 0 Å². The molecule has 5 heteroatoms. The first-order valence-corrected chi connectivity index (χ1v) is 11.3. The fraction of sp³-hybridized carbons (Fsp3) is 0.560. The Morgan fingerprint density at radius 2 is 1.10 bits per heavy atom. The Hall–Kier alpha value is -2.43. The first-order valence-electron chi connectivity index (χ1n) is 11.3. The van der Waals surface area contributed by atoms with Gasteiger partial charge in [0.05, 0.1) is 17.8 Å². The molecule has 0 amide bonds. The first kappa shape index (κ1) is 17.3. The summed E-state index contributed by atoms with van der Waals surface area (Å²) in [6.45, 7) is 3.97. The van der Waals surface area contributed by atoms with Gasteiger partial charge >= 0.3 is 17.9 Å². The summed E-state index contributed by atoms with van der Waals surface area (Å²) in [7, 11) is 0.